The molecule has 0 aliphatic rings. The Morgan fingerprint density at radius 2 is 1.55 bits per heavy atom. The Hall–Kier alpha value is -2.41. The van der Waals surface area contributed by atoms with Crippen molar-refractivity contribution in [2.75, 3.05) is 0 Å². The third-order valence-corrected chi connectivity index (χ3v) is 2.69. The van der Waals surface area contributed by atoms with E-state index in [2.05, 4.69) is 0 Å². The first kappa shape index (κ1) is 14.0. The van der Waals surface area contributed by atoms with Crippen LogP contribution in [0.4, 0.5) is 0 Å². The predicted octanol–water partition coefficient (Wildman–Crippen LogP) is 4.22. The molecule has 2 aromatic carbocycles. The van der Waals surface area contributed by atoms with Gasteiger partial charge in [-0.25, -0.2) is 0 Å². The van der Waals surface area contributed by atoms with Crippen molar-refractivity contribution in [3.8, 4) is 11.3 Å². The maximum Gasteiger partial charge on any atom is 0.193 e. The number of fused-ring (bicyclic) bond motifs is 1. The van der Waals surface area contributed by atoms with Crippen molar-refractivity contribution < 1.29 is 8.98 Å². The minimum atomic E-state index is -0.833. The van der Waals surface area contributed by atoms with E-state index in [0.717, 1.165) is 5.56 Å². The summed E-state index contributed by atoms with van der Waals surface area (Å²) >= 11 is 0. The molecule has 1 heterocycles. The normalized spacial score (nSPS) is 9.55. The summed E-state index contributed by atoms with van der Waals surface area (Å²) in [5.41, 5.74) is 1.53. The second kappa shape index (κ2) is 6.67. The Bertz CT molecular complexity index is 857. The Kier molecular flexibility index (Phi) is 4.67. The van der Waals surface area contributed by atoms with Crippen LogP contribution in [0.15, 0.2) is 69.9 Å². The summed E-state index contributed by atoms with van der Waals surface area (Å²) in [4.78, 5) is 11.9. The van der Waals surface area contributed by atoms with E-state index in [1.165, 1.54) is 6.07 Å². The molecule has 4 nitrogen and oxygen atoms in total. The van der Waals surface area contributed by atoms with Gasteiger partial charge in [-0.05, 0) is 12.1 Å². The first-order valence-electron chi connectivity index (χ1n) is 5.81. The maximum atomic E-state index is 11.9. The molecular formula is C15H10NO3P. The van der Waals surface area contributed by atoms with Crippen LogP contribution in [0.5, 0.6) is 0 Å². The van der Waals surface area contributed by atoms with Crippen LogP contribution in [0.1, 0.15) is 0 Å². The van der Waals surface area contributed by atoms with Crippen LogP contribution in [0.25, 0.3) is 22.3 Å². The number of para-hydroxylation sites is 1. The van der Waals surface area contributed by atoms with Crippen LogP contribution < -0.4 is 5.43 Å². The van der Waals surface area contributed by atoms with E-state index in [1.807, 2.05) is 48.5 Å². The van der Waals surface area contributed by atoms with Gasteiger partial charge in [0.1, 0.15) is 11.3 Å². The fourth-order valence-electron chi connectivity index (χ4n) is 1.85. The molecule has 98 valence electrons. The van der Waals surface area contributed by atoms with Crippen LogP contribution >= 0.6 is 8.10 Å². The Morgan fingerprint density at radius 3 is 2.25 bits per heavy atom. The number of benzene rings is 2. The van der Waals surface area contributed by atoms with Gasteiger partial charge in [0, 0.05) is 11.6 Å². The summed E-state index contributed by atoms with van der Waals surface area (Å²) in [6, 6.07) is 18.4. The minimum Gasteiger partial charge on any atom is -0.456 e. The monoisotopic (exact) mass is 283 g/mol. The molecule has 1 aromatic heterocycles. The van der Waals surface area contributed by atoms with Crippen molar-refractivity contribution in [3.63, 3.8) is 0 Å². The Labute approximate surface area is 116 Å². The van der Waals surface area contributed by atoms with Gasteiger partial charge >= 0.3 is 17.7 Å². The SMILES string of the molecule is N#P=O.O=c1cc(-c2ccccc2)oc2ccccc12. The first-order chi connectivity index (χ1) is 9.76. The molecule has 0 atom stereocenters. The van der Waals surface area contributed by atoms with E-state index in [0.29, 0.717) is 16.7 Å². The summed E-state index contributed by atoms with van der Waals surface area (Å²) in [6.07, 6.45) is 0. The summed E-state index contributed by atoms with van der Waals surface area (Å²) in [6.45, 7) is 0. The number of rotatable bonds is 1. The Balaban J connectivity index is 0.000000452. The van der Waals surface area contributed by atoms with E-state index < -0.39 is 8.10 Å². The number of nitrogens with zero attached hydrogens (tertiary/aromatic N) is 1. The average molecular weight is 283 g/mol. The second-order valence-electron chi connectivity index (χ2n) is 3.92. The second-order valence-corrected chi connectivity index (χ2v) is 4.08. The van der Waals surface area contributed by atoms with Crippen molar-refractivity contribution in [3.05, 3.63) is 70.9 Å². The fourth-order valence-corrected chi connectivity index (χ4v) is 1.85. The zero-order valence-corrected chi connectivity index (χ0v) is 11.3. The molecule has 5 heteroatoms. The summed E-state index contributed by atoms with van der Waals surface area (Å²) in [5, 5.41) is 7.60. The average Bonchev–Trinajstić information content (AvgIpc) is 2.49. The van der Waals surface area contributed by atoms with Gasteiger partial charge in [-0.2, -0.15) is 0 Å². The molecule has 0 fully saturated rings. The van der Waals surface area contributed by atoms with Crippen molar-refractivity contribution in [1.29, 1.82) is 5.00 Å². The van der Waals surface area contributed by atoms with Gasteiger partial charge in [0.25, 0.3) is 0 Å². The van der Waals surface area contributed by atoms with Crippen molar-refractivity contribution in [2.45, 2.75) is 0 Å². The minimum absolute atomic E-state index is 0.00861. The molecule has 3 aromatic rings. The maximum absolute atomic E-state index is 11.9. The molecule has 0 saturated carbocycles. The molecule has 0 aliphatic carbocycles. The fraction of sp³-hybridized carbons (Fsp3) is 0. The van der Waals surface area contributed by atoms with Gasteiger partial charge in [-0.3, -0.25) is 4.79 Å². The van der Waals surface area contributed by atoms with E-state index in [9.17, 15) is 4.79 Å². The van der Waals surface area contributed by atoms with Gasteiger partial charge in [0.2, 0.25) is 0 Å². The quantitative estimate of drug-likeness (QED) is 0.627. The molecule has 0 unspecified atom stereocenters. The van der Waals surface area contributed by atoms with E-state index in [-0.39, 0.29) is 5.43 Å². The standard InChI is InChI=1S/C15H10O2.NOP/c16-13-10-15(11-6-2-1-3-7-11)17-14-9-5-4-8-12(13)14;1-3-2/h1-10H;. The molecule has 0 aliphatic heterocycles. The third-order valence-electron chi connectivity index (χ3n) is 2.69. The Morgan fingerprint density at radius 1 is 0.950 bits per heavy atom. The van der Waals surface area contributed by atoms with E-state index in [1.54, 1.807) is 6.07 Å². The topological polar surface area (TPSA) is 71.1 Å². The summed E-state index contributed by atoms with van der Waals surface area (Å²) in [5.74, 6) is 0.606. The molecule has 0 bridgehead atoms. The molecular weight excluding hydrogens is 273 g/mol. The number of hydrogen-bond donors (Lipinski definition) is 0. The zero-order chi connectivity index (χ0) is 14.4. The van der Waals surface area contributed by atoms with Crippen molar-refractivity contribution >= 4 is 19.1 Å². The third kappa shape index (κ3) is 3.12. The molecule has 3 rings (SSSR count). The number of hydrogen-bond acceptors (Lipinski definition) is 4. The predicted molar refractivity (Wildman–Crippen MR) is 77.3 cm³/mol. The van der Waals surface area contributed by atoms with Gasteiger partial charge in [0.05, 0.1) is 5.39 Å². The van der Waals surface area contributed by atoms with Gasteiger partial charge < -0.3 is 4.42 Å². The molecule has 0 spiro atoms. The van der Waals surface area contributed by atoms with Gasteiger partial charge in [0.15, 0.2) is 5.43 Å². The summed E-state index contributed by atoms with van der Waals surface area (Å²) < 4.78 is 14.2. The first-order valence-corrected chi connectivity index (χ1v) is 6.58. The largest absolute Gasteiger partial charge is 0.456 e. The molecule has 0 saturated heterocycles. The van der Waals surface area contributed by atoms with Crippen LogP contribution in [-0.4, -0.2) is 0 Å². The van der Waals surface area contributed by atoms with Crippen LogP contribution in [0, 0.1) is 5.00 Å². The molecule has 0 amide bonds. The molecule has 0 N–H and O–H groups in total. The van der Waals surface area contributed by atoms with Crippen molar-refractivity contribution in [2.24, 2.45) is 0 Å². The van der Waals surface area contributed by atoms with Crippen LogP contribution in [0.3, 0.4) is 0 Å². The van der Waals surface area contributed by atoms with Crippen molar-refractivity contribution in [1.82, 2.24) is 0 Å². The smallest absolute Gasteiger partial charge is 0.193 e. The summed E-state index contributed by atoms with van der Waals surface area (Å²) in [7, 11) is -0.833. The van der Waals surface area contributed by atoms with Gasteiger partial charge in [-0.15, -0.1) is 0 Å². The molecule has 20 heavy (non-hydrogen) atoms. The molecule has 0 radical (unpaired) electrons. The van der Waals surface area contributed by atoms with E-state index >= 15 is 0 Å². The van der Waals surface area contributed by atoms with E-state index in [4.69, 9.17) is 14.0 Å². The van der Waals surface area contributed by atoms with Gasteiger partial charge in [-0.1, -0.05) is 42.5 Å². The van der Waals surface area contributed by atoms with Crippen LogP contribution in [-0.2, 0) is 4.57 Å². The zero-order valence-electron chi connectivity index (χ0n) is 10.4. The van der Waals surface area contributed by atoms with Crippen LogP contribution in [0.2, 0.25) is 0 Å².